The number of nitrogens with zero attached hydrogens (tertiary/aromatic N) is 1. The predicted octanol–water partition coefficient (Wildman–Crippen LogP) is 2.38. The third-order valence-electron chi connectivity index (χ3n) is 2.89. The topological polar surface area (TPSA) is 29.5 Å². The van der Waals surface area contributed by atoms with Gasteiger partial charge in [0.15, 0.2) is 0 Å². The third-order valence-corrected chi connectivity index (χ3v) is 2.89. The molecule has 0 atom stereocenters. The summed E-state index contributed by atoms with van der Waals surface area (Å²) in [4.78, 5) is 13.0. The van der Waals surface area contributed by atoms with Crippen LogP contribution in [0.15, 0.2) is 18.2 Å². The van der Waals surface area contributed by atoms with Crippen LogP contribution in [0.2, 0.25) is 0 Å². The average Bonchev–Trinajstić information content (AvgIpc) is 2.29. The number of anilines is 1. The van der Waals surface area contributed by atoms with E-state index in [1.807, 2.05) is 0 Å². The lowest BCUT2D eigenvalue weighted by Gasteiger charge is -2.29. The maximum atomic E-state index is 12.8. The first-order valence-electron chi connectivity index (χ1n) is 5.46. The highest BCUT2D eigenvalue weighted by Gasteiger charge is 2.34. The molecule has 0 saturated carbocycles. The van der Waals surface area contributed by atoms with Crippen LogP contribution < -0.4 is 4.90 Å². The van der Waals surface area contributed by atoms with Crippen molar-refractivity contribution in [3.8, 4) is 0 Å². The van der Waals surface area contributed by atoms with Crippen molar-refractivity contribution in [2.75, 3.05) is 24.7 Å². The largest absolute Gasteiger partial charge is 0.416 e. The Morgan fingerprint density at radius 3 is 2.67 bits per heavy atom. The molecule has 6 heteroatoms. The van der Waals surface area contributed by atoms with Crippen molar-refractivity contribution in [2.24, 2.45) is 0 Å². The molecule has 3 nitrogen and oxygen atoms in total. The predicted molar refractivity (Wildman–Crippen MR) is 59.4 cm³/mol. The number of carbonyl (C=O) groups excluding carboxylic acids is 1. The zero-order valence-electron chi connectivity index (χ0n) is 9.75. The molecule has 0 N–H and O–H groups in total. The lowest BCUT2D eigenvalue weighted by Crippen LogP contribution is -2.42. The Morgan fingerprint density at radius 2 is 2.06 bits per heavy atom. The fraction of sp³-hybridized carbons (Fsp3) is 0.417. The van der Waals surface area contributed by atoms with Gasteiger partial charge in [-0.3, -0.25) is 4.79 Å². The van der Waals surface area contributed by atoms with Crippen LogP contribution in [0.4, 0.5) is 18.9 Å². The molecular formula is C12H12F3NO2. The summed E-state index contributed by atoms with van der Waals surface area (Å²) in [6, 6.07) is 3.85. The zero-order valence-corrected chi connectivity index (χ0v) is 9.75. The molecule has 0 radical (unpaired) electrons. The molecule has 1 saturated heterocycles. The van der Waals surface area contributed by atoms with E-state index in [9.17, 15) is 18.0 Å². The fourth-order valence-corrected chi connectivity index (χ4v) is 2.00. The maximum Gasteiger partial charge on any atom is 0.416 e. The monoisotopic (exact) mass is 259 g/mol. The molecule has 1 aliphatic heterocycles. The minimum atomic E-state index is -4.41. The smallest absolute Gasteiger partial charge is 0.370 e. The van der Waals surface area contributed by atoms with Crippen LogP contribution in [-0.4, -0.2) is 25.7 Å². The molecule has 2 rings (SSSR count). The minimum Gasteiger partial charge on any atom is -0.370 e. The van der Waals surface area contributed by atoms with E-state index in [0.717, 1.165) is 6.07 Å². The quantitative estimate of drug-likeness (QED) is 0.775. The molecule has 1 fully saturated rings. The van der Waals surface area contributed by atoms with E-state index in [2.05, 4.69) is 0 Å². The summed E-state index contributed by atoms with van der Waals surface area (Å²) in [6.07, 6.45) is -4.41. The molecule has 0 spiro atoms. The van der Waals surface area contributed by atoms with Gasteiger partial charge in [0.1, 0.15) is 6.61 Å². The molecule has 0 aliphatic carbocycles. The van der Waals surface area contributed by atoms with Crippen LogP contribution in [0.25, 0.3) is 0 Å². The molecular weight excluding hydrogens is 247 g/mol. The molecule has 0 bridgehead atoms. The van der Waals surface area contributed by atoms with Crippen molar-refractivity contribution in [2.45, 2.75) is 13.1 Å². The SMILES string of the molecule is Cc1c(N2CCOCC2=O)cccc1C(F)(F)F. The van der Waals surface area contributed by atoms with Gasteiger partial charge in [-0.1, -0.05) is 6.07 Å². The average molecular weight is 259 g/mol. The Kier molecular flexibility index (Phi) is 3.30. The number of halogens is 3. The van der Waals surface area contributed by atoms with Gasteiger partial charge in [-0.2, -0.15) is 13.2 Å². The van der Waals surface area contributed by atoms with Crippen LogP contribution in [0.5, 0.6) is 0 Å². The van der Waals surface area contributed by atoms with E-state index in [-0.39, 0.29) is 24.6 Å². The molecule has 1 aromatic rings. The summed E-state index contributed by atoms with van der Waals surface area (Å²) in [6.45, 7) is 1.90. The number of ether oxygens (including phenoxy) is 1. The maximum absolute atomic E-state index is 12.8. The standard InChI is InChI=1S/C12H12F3NO2/c1-8-9(12(13,14)15)3-2-4-10(8)16-5-6-18-7-11(16)17/h2-4H,5-7H2,1H3. The lowest BCUT2D eigenvalue weighted by molar-refractivity contribution is -0.138. The van der Waals surface area contributed by atoms with Crippen molar-refractivity contribution >= 4 is 11.6 Å². The third kappa shape index (κ3) is 2.33. The van der Waals surface area contributed by atoms with Crippen molar-refractivity contribution in [1.82, 2.24) is 0 Å². The number of carbonyl (C=O) groups is 1. The van der Waals surface area contributed by atoms with Crippen molar-refractivity contribution in [3.05, 3.63) is 29.3 Å². The van der Waals surface area contributed by atoms with Crippen LogP contribution in [0.3, 0.4) is 0 Å². The molecule has 1 aliphatic rings. The van der Waals surface area contributed by atoms with Crippen LogP contribution >= 0.6 is 0 Å². The Balaban J connectivity index is 2.42. The summed E-state index contributed by atoms with van der Waals surface area (Å²) < 4.78 is 43.3. The molecule has 1 aromatic carbocycles. The Bertz CT molecular complexity index is 471. The number of amides is 1. The Hall–Kier alpha value is -1.56. The van der Waals surface area contributed by atoms with Gasteiger partial charge in [-0.25, -0.2) is 0 Å². The number of benzene rings is 1. The summed E-state index contributed by atoms with van der Waals surface area (Å²) >= 11 is 0. The summed E-state index contributed by atoms with van der Waals surface area (Å²) in [5, 5.41) is 0. The lowest BCUT2D eigenvalue weighted by atomic mass is 10.1. The second-order valence-electron chi connectivity index (χ2n) is 4.05. The van der Waals surface area contributed by atoms with Crippen molar-refractivity contribution in [3.63, 3.8) is 0 Å². The Labute approximate surface area is 102 Å². The second-order valence-corrected chi connectivity index (χ2v) is 4.05. The highest BCUT2D eigenvalue weighted by Crippen LogP contribution is 2.35. The summed E-state index contributed by atoms with van der Waals surface area (Å²) in [5.41, 5.74) is -0.335. The van der Waals surface area contributed by atoms with Crippen molar-refractivity contribution in [1.29, 1.82) is 0 Å². The van der Waals surface area contributed by atoms with Gasteiger partial charge in [-0.15, -0.1) is 0 Å². The van der Waals surface area contributed by atoms with Gasteiger partial charge in [0.2, 0.25) is 0 Å². The van der Waals surface area contributed by atoms with Crippen LogP contribution in [0, 0.1) is 6.92 Å². The van der Waals surface area contributed by atoms with Gasteiger partial charge in [0.05, 0.1) is 12.2 Å². The Morgan fingerprint density at radius 1 is 1.33 bits per heavy atom. The first-order valence-corrected chi connectivity index (χ1v) is 5.46. The summed E-state index contributed by atoms with van der Waals surface area (Å²) in [7, 11) is 0. The van der Waals surface area contributed by atoms with Gasteiger partial charge in [-0.05, 0) is 24.6 Å². The number of morpholine rings is 1. The zero-order chi connectivity index (χ0) is 13.3. The first-order chi connectivity index (χ1) is 8.41. The number of alkyl halides is 3. The summed E-state index contributed by atoms with van der Waals surface area (Å²) in [5.74, 6) is -0.316. The molecule has 0 aromatic heterocycles. The number of rotatable bonds is 1. The highest BCUT2D eigenvalue weighted by atomic mass is 19.4. The van der Waals surface area contributed by atoms with E-state index in [4.69, 9.17) is 4.74 Å². The molecule has 0 unspecified atom stereocenters. The van der Waals surface area contributed by atoms with Crippen molar-refractivity contribution < 1.29 is 22.7 Å². The fourth-order valence-electron chi connectivity index (χ4n) is 2.00. The van der Waals surface area contributed by atoms with E-state index in [1.54, 1.807) is 0 Å². The first kappa shape index (κ1) is 12.9. The van der Waals surface area contributed by atoms with Gasteiger partial charge in [0, 0.05) is 12.2 Å². The van der Waals surface area contributed by atoms with Gasteiger partial charge < -0.3 is 9.64 Å². The highest BCUT2D eigenvalue weighted by molar-refractivity contribution is 5.95. The number of hydrogen-bond acceptors (Lipinski definition) is 2. The van der Waals surface area contributed by atoms with Gasteiger partial charge >= 0.3 is 6.18 Å². The van der Waals surface area contributed by atoms with E-state index >= 15 is 0 Å². The van der Waals surface area contributed by atoms with Crippen LogP contribution in [-0.2, 0) is 15.7 Å². The minimum absolute atomic E-state index is 0.0697. The molecule has 1 amide bonds. The normalized spacial score (nSPS) is 17.1. The molecule has 18 heavy (non-hydrogen) atoms. The molecule has 98 valence electrons. The van der Waals surface area contributed by atoms with Crippen LogP contribution in [0.1, 0.15) is 11.1 Å². The van der Waals surface area contributed by atoms with E-state index in [0.29, 0.717) is 12.3 Å². The number of hydrogen-bond donors (Lipinski definition) is 0. The van der Waals surface area contributed by atoms with E-state index < -0.39 is 11.7 Å². The molecule has 1 heterocycles. The second kappa shape index (κ2) is 4.61. The van der Waals surface area contributed by atoms with E-state index in [1.165, 1.54) is 24.0 Å². The van der Waals surface area contributed by atoms with Gasteiger partial charge in [0.25, 0.3) is 5.91 Å².